The fourth-order valence-corrected chi connectivity index (χ4v) is 3.34. The van der Waals surface area contributed by atoms with Crippen LogP contribution in [0.1, 0.15) is 16.7 Å². The molecular weight excluding hydrogens is 380 g/mol. The molecule has 5 nitrogen and oxygen atoms in total. The topological polar surface area (TPSA) is 54.9 Å². The molecule has 0 amide bonds. The van der Waals surface area contributed by atoms with Crippen molar-refractivity contribution in [3.8, 4) is 17.1 Å². The lowest BCUT2D eigenvalue weighted by molar-refractivity contribution is 0.303. The summed E-state index contributed by atoms with van der Waals surface area (Å²) in [6.07, 6.45) is 0. The summed E-state index contributed by atoms with van der Waals surface area (Å²) >= 11 is 5.40. The van der Waals surface area contributed by atoms with E-state index in [1.54, 1.807) is 4.68 Å². The van der Waals surface area contributed by atoms with Gasteiger partial charge in [0, 0.05) is 11.1 Å². The SMILES string of the molecule is Cc1cccc(COc2ccccc2CNn2c(-c3ccccc3)n[nH]c2=S)c1. The lowest BCUT2D eigenvalue weighted by atomic mass is 10.1. The first kappa shape index (κ1) is 19.0. The standard InChI is InChI=1S/C23H22N4OS/c1-17-8-7-9-18(14-17)16-28-21-13-6-5-12-20(21)15-24-27-22(25-26-23(27)29)19-10-3-2-4-11-19/h2-14,24H,15-16H2,1H3,(H,26,29). The van der Waals surface area contributed by atoms with Gasteiger partial charge in [0.1, 0.15) is 12.4 Å². The third-order valence-electron chi connectivity index (χ3n) is 4.58. The molecule has 0 aliphatic heterocycles. The van der Waals surface area contributed by atoms with E-state index in [4.69, 9.17) is 17.0 Å². The van der Waals surface area contributed by atoms with Gasteiger partial charge in [-0.3, -0.25) is 0 Å². The molecule has 0 radical (unpaired) electrons. The van der Waals surface area contributed by atoms with Crippen LogP contribution in [-0.4, -0.2) is 14.9 Å². The van der Waals surface area contributed by atoms with E-state index in [0.29, 0.717) is 17.9 Å². The molecule has 0 unspecified atom stereocenters. The van der Waals surface area contributed by atoms with Crippen LogP contribution in [0.4, 0.5) is 0 Å². The second-order valence-corrected chi connectivity index (χ2v) is 7.16. The van der Waals surface area contributed by atoms with Crippen LogP contribution in [0, 0.1) is 11.7 Å². The number of hydrogen-bond donors (Lipinski definition) is 2. The van der Waals surface area contributed by atoms with Crippen LogP contribution in [0.15, 0.2) is 78.9 Å². The molecule has 4 aromatic rings. The molecule has 0 bridgehead atoms. The maximum atomic E-state index is 6.09. The monoisotopic (exact) mass is 402 g/mol. The van der Waals surface area contributed by atoms with E-state index in [0.717, 1.165) is 28.3 Å². The number of aryl methyl sites for hydroxylation is 1. The number of para-hydroxylation sites is 1. The summed E-state index contributed by atoms with van der Waals surface area (Å²) in [5.41, 5.74) is 7.76. The van der Waals surface area contributed by atoms with E-state index in [1.807, 2.05) is 60.7 Å². The zero-order chi connectivity index (χ0) is 20.1. The first-order valence-electron chi connectivity index (χ1n) is 9.44. The molecule has 1 heterocycles. The van der Waals surface area contributed by atoms with E-state index in [9.17, 15) is 0 Å². The highest BCUT2D eigenvalue weighted by atomic mass is 32.1. The van der Waals surface area contributed by atoms with E-state index in [-0.39, 0.29) is 0 Å². The third kappa shape index (κ3) is 4.55. The number of rotatable bonds is 7. The molecule has 0 saturated carbocycles. The summed E-state index contributed by atoms with van der Waals surface area (Å²) in [5, 5.41) is 7.22. The number of benzene rings is 3. The Labute approximate surface area is 175 Å². The van der Waals surface area contributed by atoms with Crippen molar-refractivity contribution in [1.29, 1.82) is 0 Å². The van der Waals surface area contributed by atoms with Crippen LogP contribution in [0.3, 0.4) is 0 Å². The van der Waals surface area contributed by atoms with E-state index < -0.39 is 0 Å². The van der Waals surface area contributed by atoms with Gasteiger partial charge in [0.25, 0.3) is 0 Å². The Balaban J connectivity index is 1.50. The van der Waals surface area contributed by atoms with Crippen LogP contribution < -0.4 is 10.2 Å². The third-order valence-corrected chi connectivity index (χ3v) is 4.86. The van der Waals surface area contributed by atoms with Crippen molar-refractivity contribution in [1.82, 2.24) is 14.9 Å². The molecule has 0 fully saturated rings. The van der Waals surface area contributed by atoms with Gasteiger partial charge in [0.05, 0.1) is 6.54 Å². The highest BCUT2D eigenvalue weighted by Crippen LogP contribution is 2.21. The van der Waals surface area contributed by atoms with Gasteiger partial charge in [-0.2, -0.15) is 5.10 Å². The van der Waals surface area contributed by atoms with Crippen LogP contribution >= 0.6 is 12.2 Å². The second kappa shape index (κ2) is 8.75. The van der Waals surface area contributed by atoms with Gasteiger partial charge >= 0.3 is 0 Å². The fraction of sp³-hybridized carbons (Fsp3) is 0.130. The van der Waals surface area contributed by atoms with E-state index in [2.05, 4.69) is 40.7 Å². The molecule has 0 atom stereocenters. The Kier molecular flexibility index (Phi) is 5.72. The van der Waals surface area contributed by atoms with Crippen molar-refractivity contribution in [2.75, 3.05) is 5.43 Å². The first-order valence-corrected chi connectivity index (χ1v) is 9.84. The normalized spacial score (nSPS) is 10.7. The summed E-state index contributed by atoms with van der Waals surface area (Å²) < 4.78 is 8.40. The molecule has 6 heteroatoms. The van der Waals surface area contributed by atoms with Gasteiger partial charge in [-0.25, -0.2) is 9.77 Å². The minimum atomic E-state index is 0.516. The molecule has 1 aromatic heterocycles. The van der Waals surface area contributed by atoms with Gasteiger partial charge in [0.2, 0.25) is 4.77 Å². The van der Waals surface area contributed by atoms with Crippen molar-refractivity contribution in [2.24, 2.45) is 0 Å². The van der Waals surface area contributed by atoms with Gasteiger partial charge in [-0.05, 0) is 30.8 Å². The maximum absolute atomic E-state index is 6.09. The minimum absolute atomic E-state index is 0.516. The fourth-order valence-electron chi connectivity index (χ4n) is 3.14. The van der Waals surface area contributed by atoms with E-state index in [1.165, 1.54) is 5.56 Å². The first-order chi connectivity index (χ1) is 14.2. The molecule has 0 aliphatic carbocycles. The number of hydrogen-bond acceptors (Lipinski definition) is 4. The van der Waals surface area contributed by atoms with Gasteiger partial charge in [-0.15, -0.1) is 0 Å². The summed E-state index contributed by atoms with van der Waals surface area (Å²) in [6.45, 7) is 3.16. The Morgan fingerprint density at radius 2 is 1.79 bits per heavy atom. The van der Waals surface area contributed by atoms with Crippen LogP contribution in [0.2, 0.25) is 0 Å². The smallest absolute Gasteiger partial charge is 0.214 e. The largest absolute Gasteiger partial charge is 0.489 e. The van der Waals surface area contributed by atoms with Crippen molar-refractivity contribution >= 4 is 12.2 Å². The number of nitrogens with one attached hydrogen (secondary N) is 2. The van der Waals surface area contributed by atoms with Crippen LogP contribution in [-0.2, 0) is 13.2 Å². The predicted molar refractivity (Wildman–Crippen MR) is 118 cm³/mol. The second-order valence-electron chi connectivity index (χ2n) is 6.77. The molecular formula is C23H22N4OS. The summed E-state index contributed by atoms with van der Waals surface area (Å²) in [5.74, 6) is 1.59. The van der Waals surface area contributed by atoms with Crippen molar-refractivity contribution < 1.29 is 4.74 Å². The van der Waals surface area contributed by atoms with Crippen molar-refractivity contribution in [3.05, 3.63) is 100 Å². The van der Waals surface area contributed by atoms with Crippen molar-refractivity contribution in [2.45, 2.75) is 20.1 Å². The van der Waals surface area contributed by atoms with Crippen LogP contribution in [0.5, 0.6) is 5.75 Å². The predicted octanol–water partition coefficient (Wildman–Crippen LogP) is 5.24. The Morgan fingerprint density at radius 1 is 1.00 bits per heavy atom. The molecule has 3 aromatic carbocycles. The average molecular weight is 403 g/mol. The Morgan fingerprint density at radius 3 is 2.62 bits per heavy atom. The molecule has 0 saturated heterocycles. The highest BCUT2D eigenvalue weighted by molar-refractivity contribution is 7.71. The van der Waals surface area contributed by atoms with Crippen molar-refractivity contribution in [3.63, 3.8) is 0 Å². The molecule has 146 valence electrons. The zero-order valence-electron chi connectivity index (χ0n) is 16.1. The molecule has 29 heavy (non-hydrogen) atoms. The van der Waals surface area contributed by atoms with Gasteiger partial charge in [0.15, 0.2) is 5.82 Å². The Hall–Kier alpha value is -3.38. The number of ether oxygens (including phenoxy) is 1. The zero-order valence-corrected chi connectivity index (χ0v) is 16.9. The molecule has 0 aliphatic rings. The number of nitrogens with zero attached hydrogens (tertiary/aromatic N) is 2. The maximum Gasteiger partial charge on any atom is 0.214 e. The summed E-state index contributed by atoms with van der Waals surface area (Å²) in [4.78, 5) is 0. The summed E-state index contributed by atoms with van der Waals surface area (Å²) in [6, 6.07) is 26.3. The lowest BCUT2D eigenvalue weighted by Crippen LogP contribution is -2.16. The average Bonchev–Trinajstić information content (AvgIpc) is 3.12. The van der Waals surface area contributed by atoms with Crippen LogP contribution in [0.25, 0.3) is 11.4 Å². The van der Waals surface area contributed by atoms with Gasteiger partial charge in [-0.1, -0.05) is 78.4 Å². The quantitative estimate of drug-likeness (QED) is 0.415. The number of H-pyrrole nitrogens is 1. The van der Waals surface area contributed by atoms with Gasteiger partial charge < -0.3 is 10.2 Å². The Bertz CT molecular complexity index is 1150. The minimum Gasteiger partial charge on any atom is -0.489 e. The number of aromatic amines is 1. The molecule has 2 N–H and O–H groups in total. The number of aromatic nitrogens is 3. The summed E-state index contributed by atoms with van der Waals surface area (Å²) in [7, 11) is 0. The highest BCUT2D eigenvalue weighted by Gasteiger charge is 2.10. The molecule has 4 rings (SSSR count). The lowest BCUT2D eigenvalue weighted by Gasteiger charge is -2.14. The van der Waals surface area contributed by atoms with E-state index >= 15 is 0 Å². The molecule has 0 spiro atoms.